The Morgan fingerprint density at radius 1 is 1.12 bits per heavy atom. The molecule has 0 saturated carbocycles. The zero-order valence-corrected chi connectivity index (χ0v) is 14.8. The first-order valence-corrected chi connectivity index (χ1v) is 9.06. The molecule has 4 heteroatoms. The van der Waals surface area contributed by atoms with E-state index in [1.54, 1.807) is 0 Å². The maximum atomic E-state index is 12.3. The number of amides is 1. The van der Waals surface area contributed by atoms with Gasteiger partial charge in [0, 0.05) is 19.5 Å². The number of ether oxygens (including phenoxy) is 1. The van der Waals surface area contributed by atoms with Crippen LogP contribution in [0.1, 0.15) is 31.2 Å². The molecule has 0 aliphatic carbocycles. The van der Waals surface area contributed by atoms with Crippen molar-refractivity contribution in [2.24, 2.45) is 0 Å². The zero-order chi connectivity index (χ0) is 17.5. The number of hydrogen-bond acceptors (Lipinski definition) is 3. The van der Waals surface area contributed by atoms with E-state index in [9.17, 15) is 4.79 Å². The minimum absolute atomic E-state index is 0.0412. The average molecular weight is 338 g/mol. The fourth-order valence-corrected chi connectivity index (χ4v) is 3.15. The molecule has 0 unspecified atom stereocenters. The van der Waals surface area contributed by atoms with Gasteiger partial charge in [-0.2, -0.15) is 0 Å². The molecule has 4 nitrogen and oxygen atoms in total. The van der Waals surface area contributed by atoms with E-state index in [1.807, 2.05) is 49.4 Å². The van der Waals surface area contributed by atoms with Crippen molar-refractivity contribution in [3.8, 4) is 5.75 Å². The van der Waals surface area contributed by atoms with Crippen LogP contribution in [-0.4, -0.2) is 25.6 Å². The summed E-state index contributed by atoms with van der Waals surface area (Å²) in [6.45, 7) is 4.72. The second kappa shape index (κ2) is 8.56. The van der Waals surface area contributed by atoms with Crippen molar-refractivity contribution in [3.63, 3.8) is 0 Å². The first kappa shape index (κ1) is 17.3. The Morgan fingerprint density at radius 3 is 2.72 bits per heavy atom. The highest BCUT2D eigenvalue weighted by molar-refractivity contribution is 5.94. The van der Waals surface area contributed by atoms with E-state index in [-0.39, 0.29) is 5.91 Å². The van der Waals surface area contributed by atoms with Crippen LogP contribution in [0.15, 0.2) is 48.5 Å². The highest BCUT2D eigenvalue weighted by Gasteiger charge is 2.16. The van der Waals surface area contributed by atoms with E-state index in [1.165, 1.54) is 18.4 Å². The normalized spacial score (nSPS) is 13.7. The number of para-hydroxylation sites is 2. The zero-order valence-electron chi connectivity index (χ0n) is 14.8. The largest absolute Gasteiger partial charge is 0.494 e. The molecule has 1 N–H and O–H groups in total. The molecular weight excluding hydrogens is 312 g/mol. The first-order chi connectivity index (χ1) is 12.2. The van der Waals surface area contributed by atoms with Crippen LogP contribution in [0.4, 0.5) is 11.4 Å². The lowest BCUT2D eigenvalue weighted by atomic mass is 10.2. The molecule has 0 atom stereocenters. The highest BCUT2D eigenvalue weighted by Crippen LogP contribution is 2.28. The first-order valence-electron chi connectivity index (χ1n) is 9.06. The molecule has 0 spiro atoms. The standard InChI is InChI=1S/C21H26N2O2/c1-17-8-6-9-18(16-17)25-15-7-12-21(24)22-19-10-2-3-11-20(19)23-13-4-5-14-23/h2-3,6,8-11,16H,4-5,7,12-15H2,1H3,(H,22,24). The fraction of sp³-hybridized carbons (Fsp3) is 0.381. The van der Waals surface area contributed by atoms with Gasteiger partial charge in [0.15, 0.2) is 0 Å². The van der Waals surface area contributed by atoms with E-state index in [4.69, 9.17) is 4.74 Å². The Kier molecular flexibility index (Phi) is 5.94. The van der Waals surface area contributed by atoms with E-state index in [0.717, 1.165) is 30.2 Å². The number of carbonyl (C=O) groups is 1. The van der Waals surface area contributed by atoms with Crippen LogP contribution < -0.4 is 15.0 Å². The van der Waals surface area contributed by atoms with Gasteiger partial charge in [-0.1, -0.05) is 24.3 Å². The number of benzene rings is 2. The molecule has 0 aromatic heterocycles. The molecule has 1 heterocycles. The second-order valence-electron chi connectivity index (χ2n) is 6.53. The van der Waals surface area contributed by atoms with Crippen molar-refractivity contribution in [3.05, 3.63) is 54.1 Å². The van der Waals surface area contributed by atoms with Gasteiger partial charge >= 0.3 is 0 Å². The number of hydrogen-bond donors (Lipinski definition) is 1. The quantitative estimate of drug-likeness (QED) is 0.761. The third kappa shape index (κ3) is 4.99. The SMILES string of the molecule is Cc1cccc(OCCCC(=O)Nc2ccccc2N2CCCC2)c1. The van der Waals surface area contributed by atoms with Crippen LogP contribution in [-0.2, 0) is 4.79 Å². The third-order valence-electron chi connectivity index (χ3n) is 4.43. The number of aryl methyl sites for hydroxylation is 1. The summed E-state index contributed by atoms with van der Waals surface area (Å²) >= 11 is 0. The molecule has 2 aromatic rings. The topological polar surface area (TPSA) is 41.6 Å². The Hall–Kier alpha value is -2.49. The van der Waals surface area contributed by atoms with Gasteiger partial charge in [-0.25, -0.2) is 0 Å². The molecule has 1 aliphatic rings. The van der Waals surface area contributed by atoms with Gasteiger partial charge < -0.3 is 15.0 Å². The van der Waals surface area contributed by atoms with Crippen LogP contribution in [0.2, 0.25) is 0 Å². The summed E-state index contributed by atoms with van der Waals surface area (Å²) < 4.78 is 5.70. The van der Waals surface area contributed by atoms with Crippen molar-refractivity contribution < 1.29 is 9.53 Å². The molecule has 3 rings (SSSR count). The van der Waals surface area contributed by atoms with Gasteiger partial charge in [-0.05, 0) is 56.0 Å². The van der Waals surface area contributed by atoms with Gasteiger partial charge in [0.25, 0.3) is 0 Å². The Morgan fingerprint density at radius 2 is 1.92 bits per heavy atom. The molecule has 1 saturated heterocycles. The molecule has 2 aromatic carbocycles. The number of anilines is 2. The van der Waals surface area contributed by atoms with E-state index < -0.39 is 0 Å². The van der Waals surface area contributed by atoms with Crippen molar-refractivity contribution in [1.82, 2.24) is 0 Å². The number of nitrogens with zero attached hydrogens (tertiary/aromatic N) is 1. The minimum atomic E-state index is 0.0412. The number of carbonyl (C=O) groups excluding carboxylic acids is 1. The lowest BCUT2D eigenvalue weighted by molar-refractivity contribution is -0.116. The van der Waals surface area contributed by atoms with E-state index >= 15 is 0 Å². The van der Waals surface area contributed by atoms with Crippen LogP contribution in [0.5, 0.6) is 5.75 Å². The Balaban J connectivity index is 1.46. The predicted molar refractivity (Wildman–Crippen MR) is 102 cm³/mol. The third-order valence-corrected chi connectivity index (χ3v) is 4.43. The van der Waals surface area contributed by atoms with Crippen LogP contribution in [0, 0.1) is 6.92 Å². The fourth-order valence-electron chi connectivity index (χ4n) is 3.15. The lowest BCUT2D eigenvalue weighted by Crippen LogP contribution is -2.21. The summed E-state index contributed by atoms with van der Waals surface area (Å²) in [6.07, 6.45) is 3.60. The maximum absolute atomic E-state index is 12.3. The maximum Gasteiger partial charge on any atom is 0.224 e. The Bertz CT molecular complexity index is 709. The van der Waals surface area contributed by atoms with Gasteiger partial charge in [0.1, 0.15) is 5.75 Å². The Labute approximate surface area is 149 Å². The average Bonchev–Trinajstić information content (AvgIpc) is 3.14. The molecule has 25 heavy (non-hydrogen) atoms. The van der Waals surface area contributed by atoms with E-state index in [0.29, 0.717) is 19.4 Å². The lowest BCUT2D eigenvalue weighted by Gasteiger charge is -2.21. The van der Waals surface area contributed by atoms with Gasteiger partial charge in [0.2, 0.25) is 5.91 Å². The molecule has 0 radical (unpaired) electrons. The minimum Gasteiger partial charge on any atom is -0.494 e. The van der Waals surface area contributed by atoms with Crippen LogP contribution >= 0.6 is 0 Å². The molecule has 132 valence electrons. The summed E-state index contributed by atoms with van der Waals surface area (Å²) in [5.41, 5.74) is 3.21. The van der Waals surface area contributed by atoms with E-state index in [2.05, 4.69) is 16.3 Å². The number of nitrogens with one attached hydrogen (secondary N) is 1. The van der Waals surface area contributed by atoms with Crippen LogP contribution in [0.25, 0.3) is 0 Å². The van der Waals surface area contributed by atoms with Crippen molar-refractivity contribution in [2.45, 2.75) is 32.6 Å². The van der Waals surface area contributed by atoms with Crippen molar-refractivity contribution >= 4 is 17.3 Å². The molecule has 0 bridgehead atoms. The monoisotopic (exact) mass is 338 g/mol. The van der Waals surface area contributed by atoms with Crippen LogP contribution in [0.3, 0.4) is 0 Å². The summed E-state index contributed by atoms with van der Waals surface area (Å²) in [4.78, 5) is 14.6. The van der Waals surface area contributed by atoms with Gasteiger partial charge in [-0.15, -0.1) is 0 Å². The van der Waals surface area contributed by atoms with Crippen molar-refractivity contribution in [1.29, 1.82) is 0 Å². The van der Waals surface area contributed by atoms with Gasteiger partial charge in [0.05, 0.1) is 18.0 Å². The molecule has 1 fully saturated rings. The second-order valence-corrected chi connectivity index (χ2v) is 6.53. The molecule has 1 aliphatic heterocycles. The summed E-state index contributed by atoms with van der Waals surface area (Å²) in [5.74, 6) is 0.902. The van der Waals surface area contributed by atoms with Crippen molar-refractivity contribution in [2.75, 3.05) is 29.9 Å². The smallest absolute Gasteiger partial charge is 0.224 e. The summed E-state index contributed by atoms with van der Waals surface area (Å²) in [5, 5.41) is 3.06. The summed E-state index contributed by atoms with van der Waals surface area (Å²) in [7, 11) is 0. The number of rotatable bonds is 7. The molecule has 1 amide bonds. The predicted octanol–water partition coefficient (Wildman–Crippen LogP) is 4.39. The van der Waals surface area contributed by atoms with Gasteiger partial charge in [-0.3, -0.25) is 4.79 Å². The highest BCUT2D eigenvalue weighted by atomic mass is 16.5. The molecular formula is C21H26N2O2. The summed E-state index contributed by atoms with van der Waals surface area (Å²) in [6, 6.07) is 16.0.